The summed E-state index contributed by atoms with van der Waals surface area (Å²) in [6, 6.07) is 21.0. The van der Waals surface area contributed by atoms with Crippen molar-refractivity contribution in [1.82, 2.24) is 39.9 Å². The number of benzene rings is 4. The van der Waals surface area contributed by atoms with Gasteiger partial charge in [-0.15, -0.1) is 0 Å². The standard InChI is InChI=1S/C36H18N8O8.2Fe/c45-33(46)21-19-20(22(34(47)48)24(36(51)52)23(21)35(49)50)32-43-30-18-12-6-4-10-16(18)28(41-30)39-26-14-8-2-1-7-13(14)25(37-26)38-27-15-9-3-5-11-17(15)29(40-27)42-31(19)44-32;;/h1-12H,(H,45,46)(H,47,48)(H,49,50)(H,51,52)(H2,37,38,39,40,41,42,43,44);;/q;2*+2/p-4. The number of aromatic amines is 2. The first-order valence-corrected chi connectivity index (χ1v) is 15.3. The quantitative estimate of drug-likeness (QED) is 0.227. The zero-order chi connectivity index (χ0) is 36.0. The maximum atomic E-state index is 12.7. The molecule has 8 bridgehead atoms. The molecule has 0 aliphatic carbocycles. The van der Waals surface area contributed by atoms with Crippen LogP contribution in [0.1, 0.15) is 41.4 Å². The van der Waals surface area contributed by atoms with Crippen LogP contribution in [0, 0.1) is 0 Å². The zero-order valence-corrected chi connectivity index (χ0v) is 28.8. The van der Waals surface area contributed by atoms with E-state index in [4.69, 9.17) is 9.97 Å². The van der Waals surface area contributed by atoms with Crippen molar-refractivity contribution >= 4 is 68.0 Å². The van der Waals surface area contributed by atoms with Gasteiger partial charge in [0.05, 0.1) is 23.9 Å². The van der Waals surface area contributed by atoms with Crippen LogP contribution in [0.2, 0.25) is 0 Å². The Morgan fingerprint density at radius 3 is 0.981 bits per heavy atom. The fraction of sp³-hybridized carbons (Fsp3) is 0. The van der Waals surface area contributed by atoms with E-state index in [1.54, 1.807) is 48.5 Å². The van der Waals surface area contributed by atoms with Gasteiger partial charge in [-0.05, 0) is 0 Å². The van der Waals surface area contributed by atoms with Gasteiger partial charge in [-0.25, -0.2) is 29.9 Å². The summed E-state index contributed by atoms with van der Waals surface area (Å²) >= 11 is 0. The topological polar surface area (TPSA) is 269 Å². The number of nitrogens with zero attached hydrogens (tertiary/aromatic N) is 6. The molecule has 2 aliphatic heterocycles. The molecule has 262 valence electrons. The molecule has 2 N–H and O–H groups in total. The molecule has 54 heavy (non-hydrogen) atoms. The van der Waals surface area contributed by atoms with Crippen LogP contribution >= 0.6 is 0 Å². The van der Waals surface area contributed by atoms with Crippen LogP contribution in [0.15, 0.2) is 72.8 Å². The molecule has 0 spiro atoms. The van der Waals surface area contributed by atoms with Crippen molar-refractivity contribution in [2.75, 3.05) is 0 Å². The third-order valence-electron chi connectivity index (χ3n) is 8.81. The van der Waals surface area contributed by atoms with Crippen LogP contribution in [0.3, 0.4) is 0 Å². The molecule has 3 aromatic heterocycles. The van der Waals surface area contributed by atoms with Gasteiger partial charge in [-0.1, -0.05) is 72.8 Å². The predicted molar refractivity (Wildman–Crippen MR) is 173 cm³/mol. The molecule has 16 nitrogen and oxygen atoms in total. The largest absolute Gasteiger partial charge is 2.00 e. The van der Waals surface area contributed by atoms with Gasteiger partial charge in [0.2, 0.25) is 0 Å². The molecule has 9 rings (SSSR count). The maximum absolute atomic E-state index is 12.7. The molecule has 7 aromatic rings. The molecule has 0 radical (unpaired) electrons. The van der Waals surface area contributed by atoms with E-state index < -0.39 is 68.2 Å². The van der Waals surface area contributed by atoms with Crippen LogP contribution in [0.5, 0.6) is 0 Å². The monoisotopic (exact) mass is 798 g/mol. The second kappa shape index (κ2) is 13.0. The number of fused-ring (bicyclic) bond motifs is 20. The van der Waals surface area contributed by atoms with Crippen LogP contribution in [-0.2, 0) is 34.1 Å². The Kier molecular flexibility index (Phi) is 8.55. The summed E-state index contributed by atoms with van der Waals surface area (Å²) in [5.74, 6) is -8.77. The van der Waals surface area contributed by atoms with Crippen molar-refractivity contribution in [1.29, 1.82) is 0 Å². The Morgan fingerprint density at radius 2 is 0.667 bits per heavy atom. The van der Waals surface area contributed by atoms with Gasteiger partial charge in [0.15, 0.2) is 23.3 Å². The van der Waals surface area contributed by atoms with Crippen molar-refractivity contribution in [2.24, 2.45) is 0 Å². The SMILES string of the molecule is O=C([O-])c1c(C(=O)[O-])c(C(=O)[O-])c2c3nc4nc(nc5[nH]c(nc6nc(nc([nH]3)c2c1C(=O)[O-])-c1ccccc1-6)c1ccccc51)-c1ccccc1-4.[Fe+2].[Fe+2]. The second-order valence-electron chi connectivity index (χ2n) is 11.6. The molecule has 0 fully saturated rings. The minimum absolute atomic E-state index is 0. The van der Waals surface area contributed by atoms with E-state index in [9.17, 15) is 39.6 Å². The fourth-order valence-corrected chi connectivity index (χ4v) is 6.72. The number of rotatable bonds is 4. The Morgan fingerprint density at radius 1 is 0.389 bits per heavy atom. The molecule has 0 saturated carbocycles. The van der Waals surface area contributed by atoms with Gasteiger partial charge in [0, 0.05) is 66.1 Å². The summed E-state index contributed by atoms with van der Waals surface area (Å²) in [4.78, 5) is 84.3. The third kappa shape index (κ3) is 5.20. The van der Waals surface area contributed by atoms with E-state index in [-0.39, 0.29) is 57.4 Å². The van der Waals surface area contributed by atoms with Crippen LogP contribution in [0.25, 0.3) is 89.7 Å². The maximum Gasteiger partial charge on any atom is 2.00 e. The Labute approximate surface area is 321 Å². The van der Waals surface area contributed by atoms with Crippen LogP contribution in [0.4, 0.5) is 0 Å². The van der Waals surface area contributed by atoms with Gasteiger partial charge in [0.1, 0.15) is 22.6 Å². The zero-order valence-electron chi connectivity index (χ0n) is 26.6. The van der Waals surface area contributed by atoms with Gasteiger partial charge < -0.3 is 49.6 Å². The van der Waals surface area contributed by atoms with Gasteiger partial charge >= 0.3 is 34.1 Å². The van der Waals surface area contributed by atoms with Gasteiger partial charge in [-0.2, -0.15) is 0 Å². The number of carboxylic acids is 4. The molecule has 4 aromatic carbocycles. The predicted octanol–water partition coefficient (Wildman–Crippen LogP) is 0.318. The number of carboxylic acid groups (broad SMARTS) is 4. The number of carbonyl (C=O) groups excluding carboxylic acids is 4. The van der Waals surface area contributed by atoms with E-state index in [0.29, 0.717) is 44.3 Å². The smallest absolute Gasteiger partial charge is 0.545 e. The molecule has 5 heterocycles. The van der Waals surface area contributed by atoms with Crippen molar-refractivity contribution < 1.29 is 73.7 Å². The van der Waals surface area contributed by atoms with E-state index in [0.717, 1.165) is 0 Å². The van der Waals surface area contributed by atoms with E-state index in [1.807, 2.05) is 24.3 Å². The number of H-pyrrole nitrogens is 2. The Balaban J connectivity index is 0.00000225. The molecule has 2 aliphatic rings. The number of nitrogens with one attached hydrogen (secondary N) is 2. The summed E-state index contributed by atoms with van der Waals surface area (Å²) in [5, 5.41) is 50.3. The molecule has 0 atom stereocenters. The first-order valence-electron chi connectivity index (χ1n) is 15.3. The summed E-state index contributed by atoms with van der Waals surface area (Å²) in [7, 11) is 0. The minimum Gasteiger partial charge on any atom is -0.545 e. The second-order valence-corrected chi connectivity index (χ2v) is 11.6. The van der Waals surface area contributed by atoms with Crippen molar-refractivity contribution in [3.63, 3.8) is 0 Å². The van der Waals surface area contributed by atoms with Gasteiger partial charge in [0.25, 0.3) is 0 Å². The fourth-order valence-electron chi connectivity index (χ4n) is 6.72. The normalized spacial score (nSPS) is 11.3. The van der Waals surface area contributed by atoms with Crippen LogP contribution < -0.4 is 20.4 Å². The number of hydrogen-bond donors (Lipinski definition) is 2. The molecular formula is C36H14Fe2N8O8. The summed E-state index contributed by atoms with van der Waals surface area (Å²) < 4.78 is 0. The van der Waals surface area contributed by atoms with E-state index in [1.165, 1.54) is 0 Å². The summed E-state index contributed by atoms with van der Waals surface area (Å²) in [6.07, 6.45) is 0. The molecule has 18 heteroatoms. The van der Waals surface area contributed by atoms with Crippen molar-refractivity contribution in [3.8, 4) is 45.6 Å². The van der Waals surface area contributed by atoms with Crippen LogP contribution in [-0.4, -0.2) is 63.7 Å². The van der Waals surface area contributed by atoms with Crippen molar-refractivity contribution in [3.05, 3.63) is 95.1 Å². The third-order valence-corrected chi connectivity index (χ3v) is 8.81. The van der Waals surface area contributed by atoms with E-state index >= 15 is 0 Å². The van der Waals surface area contributed by atoms with E-state index in [2.05, 4.69) is 29.9 Å². The summed E-state index contributed by atoms with van der Waals surface area (Å²) in [6.45, 7) is 0. The first kappa shape index (κ1) is 35.6. The van der Waals surface area contributed by atoms with Crippen molar-refractivity contribution in [2.45, 2.75) is 0 Å². The van der Waals surface area contributed by atoms with Gasteiger partial charge in [-0.3, -0.25) is 0 Å². The Hall–Kier alpha value is -6.84. The number of aromatic carboxylic acids is 4. The first-order chi connectivity index (χ1) is 25.1. The number of aromatic nitrogens is 8. The molecule has 0 saturated heterocycles. The number of carbonyl (C=O) groups is 4. The number of hydrogen-bond acceptors (Lipinski definition) is 14. The average Bonchev–Trinajstić information content (AvgIpc) is 3.86. The summed E-state index contributed by atoms with van der Waals surface area (Å²) in [5.41, 5.74) is -3.81. The molecule has 0 amide bonds. The molecule has 0 unspecified atom stereocenters. The minimum atomic E-state index is -2.34. The molecular weight excluding hydrogens is 784 g/mol. The Bertz CT molecular complexity index is 2820. The average molecular weight is 798 g/mol.